The van der Waals surface area contributed by atoms with Gasteiger partial charge in [-0.3, -0.25) is 0 Å². The van der Waals surface area contributed by atoms with Crippen molar-refractivity contribution in [1.29, 1.82) is 0 Å². The number of methoxy groups -OCH3 is 1. The molecule has 0 amide bonds. The van der Waals surface area contributed by atoms with Gasteiger partial charge in [0.15, 0.2) is 11.5 Å². The van der Waals surface area contributed by atoms with Crippen molar-refractivity contribution in [3.63, 3.8) is 0 Å². The van der Waals surface area contributed by atoms with Gasteiger partial charge in [0.25, 0.3) is 0 Å². The molecule has 1 aromatic carbocycles. The molecule has 2 aromatic rings. The van der Waals surface area contributed by atoms with Gasteiger partial charge < -0.3 is 14.8 Å². The second-order valence-corrected chi connectivity index (χ2v) is 3.35. The molecular formula is C10H9ClN2O2. The number of rotatable bonds is 2. The standard InChI is InChI=1S/C10H9ClN2O2/c1-15-8-5-6(4-7(11)9(8)14)10-12-2-3-13-10/h2-5,14H,1H3,(H,12,13). The summed E-state index contributed by atoms with van der Waals surface area (Å²) < 4.78 is 4.99. The smallest absolute Gasteiger partial charge is 0.176 e. The summed E-state index contributed by atoms with van der Waals surface area (Å²) in [5.41, 5.74) is 0.764. The van der Waals surface area contributed by atoms with E-state index in [4.69, 9.17) is 16.3 Å². The van der Waals surface area contributed by atoms with Crippen LogP contribution in [0.5, 0.6) is 11.5 Å². The van der Waals surface area contributed by atoms with Crippen molar-refractivity contribution in [2.24, 2.45) is 0 Å². The molecule has 1 heterocycles. The molecule has 0 radical (unpaired) electrons. The van der Waals surface area contributed by atoms with Crippen LogP contribution in [0.25, 0.3) is 11.4 Å². The van der Waals surface area contributed by atoms with E-state index in [2.05, 4.69) is 9.97 Å². The van der Waals surface area contributed by atoms with Gasteiger partial charge in [-0.15, -0.1) is 0 Å². The van der Waals surface area contributed by atoms with Crippen LogP contribution in [0.1, 0.15) is 0 Å². The molecule has 4 nitrogen and oxygen atoms in total. The number of phenolic OH excluding ortho intramolecular Hbond substituents is 1. The zero-order valence-corrected chi connectivity index (χ0v) is 8.75. The fourth-order valence-corrected chi connectivity index (χ4v) is 1.50. The molecular weight excluding hydrogens is 216 g/mol. The van der Waals surface area contributed by atoms with Gasteiger partial charge in [0.05, 0.1) is 12.1 Å². The zero-order valence-electron chi connectivity index (χ0n) is 7.99. The summed E-state index contributed by atoms with van der Waals surface area (Å²) in [7, 11) is 1.47. The molecule has 15 heavy (non-hydrogen) atoms. The highest BCUT2D eigenvalue weighted by Crippen LogP contribution is 2.37. The maximum absolute atomic E-state index is 9.53. The highest BCUT2D eigenvalue weighted by Gasteiger charge is 2.10. The first kappa shape index (κ1) is 9.86. The average molecular weight is 225 g/mol. The van der Waals surface area contributed by atoms with Gasteiger partial charge in [0, 0.05) is 18.0 Å². The van der Waals surface area contributed by atoms with E-state index in [0.717, 1.165) is 5.56 Å². The minimum absolute atomic E-state index is 0.0607. The fraction of sp³-hybridized carbons (Fsp3) is 0.100. The number of phenols is 1. The minimum Gasteiger partial charge on any atom is -0.503 e. The van der Waals surface area contributed by atoms with Crippen LogP contribution in [0.3, 0.4) is 0 Å². The zero-order chi connectivity index (χ0) is 10.8. The molecule has 0 aliphatic rings. The van der Waals surface area contributed by atoms with E-state index in [1.165, 1.54) is 7.11 Å². The number of halogens is 1. The molecule has 2 N–H and O–H groups in total. The van der Waals surface area contributed by atoms with E-state index >= 15 is 0 Å². The third-order valence-electron chi connectivity index (χ3n) is 2.02. The van der Waals surface area contributed by atoms with Crippen molar-refractivity contribution in [3.05, 3.63) is 29.5 Å². The Morgan fingerprint density at radius 1 is 1.47 bits per heavy atom. The highest BCUT2D eigenvalue weighted by molar-refractivity contribution is 6.32. The summed E-state index contributed by atoms with van der Waals surface area (Å²) in [6.45, 7) is 0. The number of H-pyrrole nitrogens is 1. The van der Waals surface area contributed by atoms with Crippen molar-refractivity contribution >= 4 is 11.6 Å². The molecule has 0 saturated carbocycles. The third-order valence-corrected chi connectivity index (χ3v) is 2.31. The number of aromatic hydroxyl groups is 1. The summed E-state index contributed by atoms with van der Waals surface area (Å²) in [6.07, 6.45) is 3.35. The Kier molecular flexibility index (Phi) is 2.51. The lowest BCUT2D eigenvalue weighted by Gasteiger charge is -2.06. The van der Waals surface area contributed by atoms with E-state index in [9.17, 15) is 5.11 Å². The Morgan fingerprint density at radius 2 is 2.27 bits per heavy atom. The summed E-state index contributed by atoms with van der Waals surface area (Å²) in [5.74, 6) is 0.943. The quantitative estimate of drug-likeness (QED) is 0.824. The second kappa shape index (κ2) is 3.82. The molecule has 0 fully saturated rings. The lowest BCUT2D eigenvalue weighted by molar-refractivity contribution is 0.374. The maximum Gasteiger partial charge on any atom is 0.176 e. The molecule has 2 rings (SSSR count). The topological polar surface area (TPSA) is 58.1 Å². The summed E-state index contributed by atoms with van der Waals surface area (Å²) in [4.78, 5) is 7.03. The van der Waals surface area contributed by atoms with Gasteiger partial charge in [-0.05, 0) is 12.1 Å². The lowest BCUT2D eigenvalue weighted by atomic mass is 10.2. The SMILES string of the molecule is COc1cc(-c2ncc[nH]2)cc(Cl)c1O. The van der Waals surface area contributed by atoms with Gasteiger partial charge in [-0.2, -0.15) is 0 Å². The monoisotopic (exact) mass is 224 g/mol. The summed E-state index contributed by atoms with van der Waals surface area (Å²) >= 11 is 5.84. The number of hydrogen-bond donors (Lipinski definition) is 2. The number of nitrogens with one attached hydrogen (secondary N) is 1. The molecule has 0 aliphatic heterocycles. The van der Waals surface area contributed by atoms with Crippen molar-refractivity contribution < 1.29 is 9.84 Å². The average Bonchev–Trinajstić information content (AvgIpc) is 2.75. The van der Waals surface area contributed by atoms with E-state index < -0.39 is 0 Å². The van der Waals surface area contributed by atoms with Gasteiger partial charge in [0.1, 0.15) is 5.82 Å². The van der Waals surface area contributed by atoms with Crippen molar-refractivity contribution in [2.75, 3.05) is 7.11 Å². The molecule has 78 valence electrons. The Labute approximate surface area is 91.5 Å². The molecule has 0 unspecified atom stereocenters. The number of aromatic nitrogens is 2. The van der Waals surface area contributed by atoms with Crippen LogP contribution in [0.4, 0.5) is 0 Å². The first-order chi connectivity index (χ1) is 7.22. The Hall–Kier alpha value is -1.68. The van der Waals surface area contributed by atoms with Crippen molar-refractivity contribution in [1.82, 2.24) is 9.97 Å². The maximum atomic E-state index is 9.53. The van der Waals surface area contributed by atoms with Crippen molar-refractivity contribution in [3.8, 4) is 22.9 Å². The van der Waals surface area contributed by atoms with Gasteiger partial charge in [0.2, 0.25) is 0 Å². The lowest BCUT2D eigenvalue weighted by Crippen LogP contribution is -1.87. The third kappa shape index (κ3) is 1.76. The largest absolute Gasteiger partial charge is 0.503 e. The Morgan fingerprint density at radius 3 is 2.87 bits per heavy atom. The molecule has 0 spiro atoms. The first-order valence-corrected chi connectivity index (χ1v) is 4.66. The van der Waals surface area contributed by atoms with E-state index in [1.807, 2.05) is 0 Å². The highest BCUT2D eigenvalue weighted by atomic mass is 35.5. The predicted octanol–water partition coefficient (Wildman–Crippen LogP) is 2.44. The molecule has 0 saturated heterocycles. The number of imidazole rings is 1. The molecule has 0 aliphatic carbocycles. The minimum atomic E-state index is -0.0607. The number of benzene rings is 1. The van der Waals surface area contributed by atoms with Crippen LogP contribution in [0.15, 0.2) is 24.5 Å². The van der Waals surface area contributed by atoms with E-state index in [1.54, 1.807) is 24.5 Å². The van der Waals surface area contributed by atoms with Crippen LogP contribution < -0.4 is 4.74 Å². The molecule has 1 aromatic heterocycles. The van der Waals surface area contributed by atoms with E-state index in [-0.39, 0.29) is 10.8 Å². The number of nitrogens with zero attached hydrogens (tertiary/aromatic N) is 1. The number of ether oxygens (including phenoxy) is 1. The second-order valence-electron chi connectivity index (χ2n) is 2.95. The normalized spacial score (nSPS) is 10.3. The Bertz CT molecular complexity index is 469. The molecule has 5 heteroatoms. The van der Waals surface area contributed by atoms with Crippen LogP contribution in [-0.4, -0.2) is 22.2 Å². The summed E-state index contributed by atoms with van der Waals surface area (Å²) in [6, 6.07) is 3.29. The van der Waals surface area contributed by atoms with Crippen LogP contribution >= 0.6 is 11.6 Å². The number of hydrogen-bond acceptors (Lipinski definition) is 3. The van der Waals surface area contributed by atoms with Crippen LogP contribution in [0, 0.1) is 0 Å². The van der Waals surface area contributed by atoms with Crippen LogP contribution in [-0.2, 0) is 0 Å². The summed E-state index contributed by atoms with van der Waals surface area (Å²) in [5, 5.41) is 9.77. The van der Waals surface area contributed by atoms with Gasteiger partial charge >= 0.3 is 0 Å². The number of aromatic amines is 1. The molecule has 0 bridgehead atoms. The Balaban J connectivity index is 2.55. The van der Waals surface area contributed by atoms with Crippen LogP contribution in [0.2, 0.25) is 5.02 Å². The van der Waals surface area contributed by atoms with E-state index in [0.29, 0.717) is 11.6 Å². The molecule has 0 atom stereocenters. The van der Waals surface area contributed by atoms with Crippen molar-refractivity contribution in [2.45, 2.75) is 0 Å². The fourth-order valence-electron chi connectivity index (χ4n) is 1.29. The van der Waals surface area contributed by atoms with Gasteiger partial charge in [-0.25, -0.2) is 4.98 Å². The van der Waals surface area contributed by atoms with Gasteiger partial charge in [-0.1, -0.05) is 11.6 Å². The first-order valence-electron chi connectivity index (χ1n) is 4.28. The predicted molar refractivity (Wildman–Crippen MR) is 57.3 cm³/mol.